The summed E-state index contributed by atoms with van der Waals surface area (Å²) in [6.45, 7) is 4.58. The largest absolute Gasteiger partial charge is 0.397 e. The van der Waals surface area contributed by atoms with Crippen molar-refractivity contribution < 1.29 is 0 Å². The number of nitrogens with two attached hydrogens (primary N) is 1. The lowest BCUT2D eigenvalue weighted by atomic mass is 10.3. The molecule has 0 saturated heterocycles. The van der Waals surface area contributed by atoms with Gasteiger partial charge in [-0.15, -0.1) is 17.9 Å². The normalized spacial score (nSPS) is 10.9. The van der Waals surface area contributed by atoms with Crippen molar-refractivity contribution >= 4 is 28.1 Å². The summed E-state index contributed by atoms with van der Waals surface area (Å²) < 4.78 is 2.18. The second kappa shape index (κ2) is 4.90. The number of hydrogen-bond acceptors (Lipinski definition) is 3. The van der Waals surface area contributed by atoms with Gasteiger partial charge in [0, 0.05) is 17.8 Å². The molecule has 2 aromatic heterocycles. The van der Waals surface area contributed by atoms with Crippen molar-refractivity contribution in [3.05, 3.63) is 59.1 Å². The Morgan fingerprint density at radius 2 is 2.21 bits per heavy atom. The maximum absolute atomic E-state index is 6.01. The van der Waals surface area contributed by atoms with Crippen LogP contribution in [0, 0.1) is 0 Å². The van der Waals surface area contributed by atoms with Crippen LogP contribution in [0.25, 0.3) is 11.0 Å². The van der Waals surface area contributed by atoms with Crippen LogP contribution in [0.4, 0.5) is 5.69 Å². The maximum Gasteiger partial charge on any atom is 0.115 e. The molecule has 0 aliphatic rings. The van der Waals surface area contributed by atoms with Gasteiger partial charge in [0.1, 0.15) is 11.3 Å². The van der Waals surface area contributed by atoms with Crippen LogP contribution in [0.1, 0.15) is 10.7 Å². The number of hydrogen-bond donors (Lipinski definition) is 1. The number of rotatable bonds is 4. The molecule has 4 heteroatoms. The molecule has 96 valence electrons. The number of nitrogen functional groups attached to an aromatic ring is 1. The predicted octanol–water partition coefficient (Wildman–Crippen LogP) is 3.46. The number of allylic oxidation sites excluding steroid dienone is 1. The van der Waals surface area contributed by atoms with Crippen LogP contribution >= 0.6 is 11.3 Å². The Hall–Kier alpha value is -2.07. The molecule has 0 aliphatic heterocycles. The summed E-state index contributed by atoms with van der Waals surface area (Å²) >= 11 is 1.75. The average molecular weight is 269 g/mol. The van der Waals surface area contributed by atoms with Gasteiger partial charge >= 0.3 is 0 Å². The van der Waals surface area contributed by atoms with E-state index in [9.17, 15) is 0 Å². The molecule has 3 rings (SSSR count). The quantitative estimate of drug-likeness (QED) is 0.582. The topological polar surface area (TPSA) is 43.8 Å². The monoisotopic (exact) mass is 269 g/mol. The zero-order chi connectivity index (χ0) is 13.2. The van der Waals surface area contributed by atoms with Gasteiger partial charge in [-0.2, -0.15) is 0 Å². The zero-order valence-corrected chi connectivity index (χ0v) is 11.4. The number of benzene rings is 1. The molecule has 0 unspecified atom stereocenters. The molecule has 1 aromatic carbocycles. The number of fused-ring (bicyclic) bond motifs is 1. The molecular formula is C15H15N3S. The van der Waals surface area contributed by atoms with Gasteiger partial charge < -0.3 is 10.3 Å². The number of nitrogens with zero attached hydrogens (tertiary/aromatic N) is 2. The minimum atomic E-state index is 0.729. The molecule has 0 amide bonds. The molecule has 0 spiro atoms. The van der Waals surface area contributed by atoms with Crippen molar-refractivity contribution in [1.82, 2.24) is 9.55 Å². The molecule has 0 radical (unpaired) electrons. The summed E-state index contributed by atoms with van der Waals surface area (Å²) in [5.41, 5.74) is 8.70. The smallest absolute Gasteiger partial charge is 0.115 e. The average Bonchev–Trinajstić information content (AvgIpc) is 3.01. The van der Waals surface area contributed by atoms with Gasteiger partial charge in [0.2, 0.25) is 0 Å². The van der Waals surface area contributed by atoms with E-state index in [2.05, 4.69) is 34.7 Å². The molecule has 2 heterocycles. The van der Waals surface area contributed by atoms with Crippen LogP contribution < -0.4 is 5.73 Å². The van der Waals surface area contributed by atoms with Crippen LogP contribution in [-0.2, 0) is 13.0 Å². The fraction of sp³-hybridized carbons (Fsp3) is 0.133. The Morgan fingerprint density at radius 1 is 1.32 bits per heavy atom. The highest BCUT2D eigenvalue weighted by molar-refractivity contribution is 7.09. The Morgan fingerprint density at radius 3 is 2.95 bits per heavy atom. The predicted molar refractivity (Wildman–Crippen MR) is 81.5 cm³/mol. The van der Waals surface area contributed by atoms with E-state index in [4.69, 9.17) is 10.7 Å². The summed E-state index contributed by atoms with van der Waals surface area (Å²) in [4.78, 5) is 6.01. The van der Waals surface area contributed by atoms with E-state index < -0.39 is 0 Å². The van der Waals surface area contributed by atoms with E-state index in [0.29, 0.717) is 0 Å². The van der Waals surface area contributed by atoms with Crippen LogP contribution in [0.3, 0.4) is 0 Å². The first-order valence-corrected chi connectivity index (χ1v) is 7.04. The van der Waals surface area contributed by atoms with Crippen LogP contribution in [0.15, 0.2) is 48.4 Å². The Kier molecular flexibility index (Phi) is 3.09. The van der Waals surface area contributed by atoms with Gasteiger partial charge in [-0.3, -0.25) is 0 Å². The minimum absolute atomic E-state index is 0.729. The SMILES string of the molecule is C=CCn1c(Cc2cccs2)nc2c(N)cccc21. The summed E-state index contributed by atoms with van der Waals surface area (Å²) in [5.74, 6) is 1.04. The molecule has 0 atom stereocenters. The van der Waals surface area contributed by atoms with Crippen molar-refractivity contribution in [3.63, 3.8) is 0 Å². The first-order chi connectivity index (χ1) is 9.29. The number of anilines is 1. The molecule has 0 aliphatic carbocycles. The number of thiophene rings is 1. The highest BCUT2D eigenvalue weighted by atomic mass is 32.1. The summed E-state index contributed by atoms with van der Waals surface area (Å²) in [5, 5.41) is 2.09. The maximum atomic E-state index is 6.01. The Balaban J connectivity index is 2.14. The van der Waals surface area contributed by atoms with E-state index in [1.165, 1.54) is 4.88 Å². The van der Waals surface area contributed by atoms with Crippen molar-refractivity contribution in [1.29, 1.82) is 0 Å². The van der Waals surface area contributed by atoms with Crippen molar-refractivity contribution in [2.75, 3.05) is 5.73 Å². The third-order valence-corrected chi connectivity index (χ3v) is 3.99. The van der Waals surface area contributed by atoms with Gasteiger partial charge in [0.25, 0.3) is 0 Å². The Labute approximate surface area is 116 Å². The van der Waals surface area contributed by atoms with E-state index in [-0.39, 0.29) is 0 Å². The third kappa shape index (κ3) is 2.15. The molecule has 3 aromatic rings. The second-order valence-corrected chi connectivity index (χ2v) is 5.43. The van der Waals surface area contributed by atoms with Crippen molar-refractivity contribution in [2.45, 2.75) is 13.0 Å². The van der Waals surface area contributed by atoms with Gasteiger partial charge in [0.05, 0.1) is 11.2 Å². The molecule has 0 saturated carbocycles. The third-order valence-electron chi connectivity index (χ3n) is 3.11. The molecule has 0 fully saturated rings. The van der Waals surface area contributed by atoms with Gasteiger partial charge in [-0.05, 0) is 23.6 Å². The Bertz CT molecular complexity index is 710. The summed E-state index contributed by atoms with van der Waals surface area (Å²) in [6.07, 6.45) is 2.72. The highest BCUT2D eigenvalue weighted by Crippen LogP contribution is 2.24. The first-order valence-electron chi connectivity index (χ1n) is 6.16. The van der Waals surface area contributed by atoms with Gasteiger partial charge in [0.15, 0.2) is 0 Å². The fourth-order valence-corrected chi connectivity index (χ4v) is 2.96. The standard InChI is InChI=1S/C15H15N3S/c1-2-8-18-13-7-3-6-12(16)15(13)17-14(18)10-11-5-4-9-19-11/h2-7,9H,1,8,10,16H2. The molecule has 19 heavy (non-hydrogen) atoms. The zero-order valence-electron chi connectivity index (χ0n) is 10.5. The van der Waals surface area contributed by atoms with Gasteiger partial charge in [-0.25, -0.2) is 4.98 Å². The minimum Gasteiger partial charge on any atom is -0.397 e. The summed E-state index contributed by atoms with van der Waals surface area (Å²) in [7, 11) is 0. The lowest BCUT2D eigenvalue weighted by Gasteiger charge is -2.05. The van der Waals surface area contributed by atoms with Gasteiger partial charge in [-0.1, -0.05) is 18.2 Å². The first kappa shape index (κ1) is 12.0. The van der Waals surface area contributed by atoms with E-state index >= 15 is 0 Å². The molecule has 3 nitrogen and oxygen atoms in total. The number of aromatic nitrogens is 2. The van der Waals surface area contributed by atoms with Crippen molar-refractivity contribution in [2.24, 2.45) is 0 Å². The van der Waals surface area contributed by atoms with Crippen molar-refractivity contribution in [3.8, 4) is 0 Å². The van der Waals surface area contributed by atoms with Crippen LogP contribution in [0.2, 0.25) is 0 Å². The second-order valence-electron chi connectivity index (χ2n) is 4.40. The van der Waals surface area contributed by atoms with Crippen LogP contribution in [0.5, 0.6) is 0 Å². The lowest BCUT2D eigenvalue weighted by molar-refractivity contribution is 0.784. The molecule has 2 N–H and O–H groups in total. The highest BCUT2D eigenvalue weighted by Gasteiger charge is 2.12. The van der Waals surface area contributed by atoms with E-state index in [1.54, 1.807) is 11.3 Å². The van der Waals surface area contributed by atoms with E-state index in [0.717, 1.165) is 35.5 Å². The lowest BCUT2D eigenvalue weighted by Crippen LogP contribution is -2.02. The van der Waals surface area contributed by atoms with Crippen LogP contribution in [-0.4, -0.2) is 9.55 Å². The number of para-hydroxylation sites is 1. The number of imidazole rings is 1. The van der Waals surface area contributed by atoms with E-state index in [1.807, 2.05) is 18.2 Å². The fourth-order valence-electron chi connectivity index (χ4n) is 2.25. The molecular weight excluding hydrogens is 254 g/mol. The molecule has 0 bridgehead atoms. The summed E-state index contributed by atoms with van der Waals surface area (Å²) in [6, 6.07) is 10.1.